The molecule has 3 nitrogen and oxygen atoms in total. The number of phenols is 1. The van der Waals surface area contributed by atoms with Gasteiger partial charge in [-0.25, -0.2) is 0 Å². The molecular weight excluding hydrogens is 176 g/mol. The second-order valence-corrected chi connectivity index (χ2v) is 3.19. The van der Waals surface area contributed by atoms with Gasteiger partial charge in [0.2, 0.25) is 0 Å². The van der Waals surface area contributed by atoms with E-state index >= 15 is 0 Å². The Morgan fingerprint density at radius 2 is 1.86 bits per heavy atom. The molecule has 0 unspecified atom stereocenters. The third kappa shape index (κ3) is 4.03. The minimum absolute atomic E-state index is 0.259. The van der Waals surface area contributed by atoms with Crippen LogP contribution in [0.1, 0.15) is 26.2 Å². The van der Waals surface area contributed by atoms with Crippen LogP contribution in [0.15, 0.2) is 34.5 Å². The molecular formula is C11H16N2O. The number of nitrogens with zero attached hydrogens (tertiary/aromatic N) is 2. The van der Waals surface area contributed by atoms with Crippen molar-refractivity contribution in [3.63, 3.8) is 0 Å². The highest BCUT2D eigenvalue weighted by atomic mass is 16.3. The summed E-state index contributed by atoms with van der Waals surface area (Å²) in [7, 11) is 0. The monoisotopic (exact) mass is 192 g/mol. The normalized spacial score (nSPS) is 10.9. The van der Waals surface area contributed by atoms with Crippen LogP contribution in [0, 0.1) is 0 Å². The number of benzene rings is 1. The molecule has 0 spiro atoms. The second-order valence-electron chi connectivity index (χ2n) is 3.19. The van der Waals surface area contributed by atoms with Crippen LogP contribution in [0.25, 0.3) is 0 Å². The van der Waals surface area contributed by atoms with Gasteiger partial charge in [0.15, 0.2) is 0 Å². The standard InChI is InChI=1S/C11H16N2O/c1-2-3-4-9-12-13-10-5-7-11(14)8-6-10/h5-8,14H,2-4,9H2,1H3. The zero-order valence-electron chi connectivity index (χ0n) is 8.48. The topological polar surface area (TPSA) is 45.0 Å². The molecule has 0 saturated heterocycles. The van der Waals surface area contributed by atoms with Crippen molar-refractivity contribution in [2.75, 3.05) is 6.54 Å². The van der Waals surface area contributed by atoms with E-state index in [1.807, 2.05) is 0 Å². The molecule has 1 N–H and O–H groups in total. The van der Waals surface area contributed by atoms with Crippen molar-refractivity contribution in [1.82, 2.24) is 0 Å². The Labute approximate surface area is 84.5 Å². The summed E-state index contributed by atoms with van der Waals surface area (Å²) in [5.41, 5.74) is 0.791. The Balaban J connectivity index is 2.33. The molecule has 3 heteroatoms. The number of unbranched alkanes of at least 4 members (excludes halogenated alkanes) is 2. The summed E-state index contributed by atoms with van der Waals surface area (Å²) in [6, 6.07) is 6.72. The minimum atomic E-state index is 0.259. The average molecular weight is 192 g/mol. The largest absolute Gasteiger partial charge is 0.508 e. The Kier molecular flexibility index (Phi) is 4.69. The number of azo groups is 1. The van der Waals surface area contributed by atoms with E-state index in [9.17, 15) is 0 Å². The molecule has 0 aliphatic carbocycles. The summed E-state index contributed by atoms with van der Waals surface area (Å²) in [5.74, 6) is 0.259. The van der Waals surface area contributed by atoms with Crippen molar-refractivity contribution in [2.45, 2.75) is 26.2 Å². The molecule has 0 aliphatic rings. The Morgan fingerprint density at radius 1 is 1.14 bits per heavy atom. The molecule has 0 aliphatic heterocycles. The maximum atomic E-state index is 9.03. The quantitative estimate of drug-likeness (QED) is 0.561. The number of hydrogen-bond acceptors (Lipinski definition) is 3. The number of phenolic OH excluding ortho intramolecular Hbond substituents is 1. The first-order chi connectivity index (χ1) is 6.83. The Bertz CT molecular complexity index is 280. The average Bonchev–Trinajstić information content (AvgIpc) is 2.21. The molecule has 1 aromatic rings. The zero-order valence-corrected chi connectivity index (χ0v) is 8.48. The van der Waals surface area contributed by atoms with Crippen molar-refractivity contribution in [3.8, 4) is 5.75 Å². The number of aromatic hydroxyl groups is 1. The van der Waals surface area contributed by atoms with E-state index in [4.69, 9.17) is 5.11 Å². The summed E-state index contributed by atoms with van der Waals surface area (Å²) < 4.78 is 0. The first-order valence-corrected chi connectivity index (χ1v) is 4.99. The molecule has 76 valence electrons. The predicted octanol–water partition coefficient (Wildman–Crippen LogP) is 3.67. The molecule has 0 saturated carbocycles. The smallest absolute Gasteiger partial charge is 0.115 e. The van der Waals surface area contributed by atoms with Gasteiger partial charge in [-0.05, 0) is 30.7 Å². The van der Waals surface area contributed by atoms with Crippen molar-refractivity contribution in [1.29, 1.82) is 0 Å². The maximum absolute atomic E-state index is 9.03. The Morgan fingerprint density at radius 3 is 2.50 bits per heavy atom. The van der Waals surface area contributed by atoms with Gasteiger partial charge in [0.05, 0.1) is 12.2 Å². The van der Waals surface area contributed by atoms with E-state index in [2.05, 4.69) is 17.2 Å². The van der Waals surface area contributed by atoms with Crippen LogP contribution in [0.5, 0.6) is 5.75 Å². The van der Waals surface area contributed by atoms with Crippen LogP contribution in [-0.4, -0.2) is 11.7 Å². The molecule has 1 rings (SSSR count). The van der Waals surface area contributed by atoms with E-state index in [1.54, 1.807) is 24.3 Å². The van der Waals surface area contributed by atoms with Crippen molar-refractivity contribution in [3.05, 3.63) is 24.3 Å². The van der Waals surface area contributed by atoms with Gasteiger partial charge in [0.25, 0.3) is 0 Å². The van der Waals surface area contributed by atoms with Gasteiger partial charge >= 0.3 is 0 Å². The molecule has 0 radical (unpaired) electrons. The van der Waals surface area contributed by atoms with E-state index in [0.717, 1.165) is 18.7 Å². The highest BCUT2D eigenvalue weighted by Crippen LogP contribution is 2.16. The van der Waals surface area contributed by atoms with Gasteiger partial charge in [0, 0.05) is 0 Å². The van der Waals surface area contributed by atoms with Gasteiger partial charge in [0.1, 0.15) is 5.75 Å². The van der Waals surface area contributed by atoms with E-state index in [0.29, 0.717) is 0 Å². The van der Waals surface area contributed by atoms with E-state index in [1.165, 1.54) is 12.8 Å². The van der Waals surface area contributed by atoms with Gasteiger partial charge in [-0.2, -0.15) is 10.2 Å². The number of hydrogen-bond donors (Lipinski definition) is 1. The second kappa shape index (κ2) is 6.13. The molecule has 0 atom stereocenters. The fourth-order valence-corrected chi connectivity index (χ4v) is 1.08. The Hall–Kier alpha value is -1.38. The van der Waals surface area contributed by atoms with Gasteiger partial charge in [-0.1, -0.05) is 19.8 Å². The van der Waals surface area contributed by atoms with Crippen molar-refractivity contribution < 1.29 is 5.11 Å². The first-order valence-electron chi connectivity index (χ1n) is 4.99. The van der Waals surface area contributed by atoms with Gasteiger partial charge in [-0.3, -0.25) is 0 Å². The zero-order chi connectivity index (χ0) is 10.2. The lowest BCUT2D eigenvalue weighted by atomic mass is 10.3. The van der Waals surface area contributed by atoms with Crippen LogP contribution in [-0.2, 0) is 0 Å². The molecule has 0 fully saturated rings. The van der Waals surface area contributed by atoms with Crippen LogP contribution >= 0.6 is 0 Å². The van der Waals surface area contributed by atoms with Crippen LogP contribution in [0.2, 0.25) is 0 Å². The molecule has 0 heterocycles. The summed E-state index contributed by atoms with van der Waals surface area (Å²) in [6.45, 7) is 2.95. The summed E-state index contributed by atoms with van der Waals surface area (Å²) in [5, 5.41) is 17.1. The SMILES string of the molecule is CCCCCN=Nc1ccc(O)cc1. The lowest BCUT2D eigenvalue weighted by Gasteiger charge is -1.93. The van der Waals surface area contributed by atoms with E-state index in [-0.39, 0.29) is 5.75 Å². The predicted molar refractivity (Wildman–Crippen MR) is 57.0 cm³/mol. The fraction of sp³-hybridized carbons (Fsp3) is 0.455. The first kappa shape index (κ1) is 10.7. The van der Waals surface area contributed by atoms with Crippen LogP contribution in [0.3, 0.4) is 0 Å². The fourth-order valence-electron chi connectivity index (χ4n) is 1.08. The maximum Gasteiger partial charge on any atom is 0.115 e. The number of rotatable bonds is 5. The molecule has 14 heavy (non-hydrogen) atoms. The van der Waals surface area contributed by atoms with Crippen molar-refractivity contribution >= 4 is 5.69 Å². The lowest BCUT2D eigenvalue weighted by Crippen LogP contribution is -1.77. The van der Waals surface area contributed by atoms with Crippen molar-refractivity contribution in [2.24, 2.45) is 10.2 Å². The minimum Gasteiger partial charge on any atom is -0.508 e. The van der Waals surface area contributed by atoms with E-state index < -0.39 is 0 Å². The highest BCUT2D eigenvalue weighted by molar-refractivity contribution is 5.39. The molecule has 1 aromatic carbocycles. The highest BCUT2D eigenvalue weighted by Gasteiger charge is 1.89. The molecule has 0 aromatic heterocycles. The van der Waals surface area contributed by atoms with Crippen LogP contribution < -0.4 is 0 Å². The van der Waals surface area contributed by atoms with Gasteiger partial charge in [-0.15, -0.1) is 0 Å². The summed E-state index contributed by atoms with van der Waals surface area (Å²) >= 11 is 0. The van der Waals surface area contributed by atoms with Crippen LogP contribution in [0.4, 0.5) is 5.69 Å². The lowest BCUT2D eigenvalue weighted by molar-refractivity contribution is 0.475. The third-order valence-corrected chi connectivity index (χ3v) is 1.90. The summed E-state index contributed by atoms with van der Waals surface area (Å²) in [4.78, 5) is 0. The molecule has 0 amide bonds. The third-order valence-electron chi connectivity index (χ3n) is 1.90. The van der Waals surface area contributed by atoms with Gasteiger partial charge < -0.3 is 5.11 Å². The molecule has 0 bridgehead atoms. The summed E-state index contributed by atoms with van der Waals surface area (Å²) in [6.07, 6.45) is 3.50.